The third-order valence-electron chi connectivity index (χ3n) is 7.29. The molecule has 1 aliphatic heterocycles. The molecule has 0 radical (unpaired) electrons. The van der Waals surface area contributed by atoms with Crippen LogP contribution in [0.3, 0.4) is 0 Å². The number of carbonyl (C=O) groups excluding carboxylic acids is 2. The van der Waals surface area contributed by atoms with Gasteiger partial charge in [0.15, 0.2) is 0 Å². The predicted octanol–water partition coefficient (Wildman–Crippen LogP) is 7.10. The number of allylic oxidation sites excluding steroid dienone is 1. The molecule has 3 aromatic rings. The largest absolute Gasteiger partial charge is 0.465 e. The van der Waals surface area contributed by atoms with E-state index in [0.717, 1.165) is 62.6 Å². The van der Waals surface area contributed by atoms with Crippen LogP contribution in [0.1, 0.15) is 66.4 Å². The second-order valence-corrected chi connectivity index (χ2v) is 12.4. The summed E-state index contributed by atoms with van der Waals surface area (Å²) < 4.78 is 26.5. The topological polar surface area (TPSA) is 60.8 Å². The smallest absolute Gasteiger partial charge is 0.419 e. The van der Waals surface area contributed by atoms with Crippen molar-refractivity contribution in [2.24, 2.45) is 5.92 Å². The molecule has 6 nitrogen and oxygen atoms in total. The highest BCUT2D eigenvalue weighted by atomic mass is 79.9. The number of esters is 1. The van der Waals surface area contributed by atoms with Gasteiger partial charge in [0.25, 0.3) is 0 Å². The Hall–Kier alpha value is -2.97. The standard InChI is InChI=1S/C31H34BrFN2O4/c1-31(2,3)39-30(37)35-24(18-34-16-19(15-33)17-34)14-23-13-21(9-11-27(23)35)28-25-10-8-22(29(36)38-4)12-20(25)6-5-7-26(28)32/h8-14,19H,5-7,15-18H2,1-4H3. The first-order valence-electron chi connectivity index (χ1n) is 13.3. The van der Waals surface area contributed by atoms with E-state index in [-0.39, 0.29) is 18.6 Å². The fourth-order valence-corrected chi connectivity index (χ4v) is 6.23. The Labute approximate surface area is 236 Å². The minimum Gasteiger partial charge on any atom is -0.465 e. The number of methoxy groups -OCH3 is 1. The van der Waals surface area contributed by atoms with Crippen molar-refractivity contribution < 1.29 is 23.5 Å². The molecule has 206 valence electrons. The maximum Gasteiger partial charge on any atom is 0.419 e. The van der Waals surface area contributed by atoms with Gasteiger partial charge < -0.3 is 9.47 Å². The van der Waals surface area contributed by atoms with E-state index in [4.69, 9.17) is 9.47 Å². The van der Waals surface area contributed by atoms with Crippen LogP contribution in [0.4, 0.5) is 9.18 Å². The van der Waals surface area contributed by atoms with E-state index in [1.54, 1.807) is 4.57 Å². The highest BCUT2D eigenvalue weighted by Crippen LogP contribution is 2.39. The summed E-state index contributed by atoms with van der Waals surface area (Å²) in [5.41, 5.74) is 5.81. The van der Waals surface area contributed by atoms with Gasteiger partial charge in [-0.25, -0.2) is 14.2 Å². The Morgan fingerprint density at radius 3 is 2.54 bits per heavy atom. The fraction of sp³-hybridized carbons (Fsp3) is 0.419. The average Bonchev–Trinajstić information content (AvgIpc) is 3.13. The molecule has 0 atom stereocenters. The Bertz CT molecular complexity index is 1460. The van der Waals surface area contributed by atoms with Crippen molar-refractivity contribution in [1.29, 1.82) is 0 Å². The van der Waals surface area contributed by atoms with Gasteiger partial charge in [0.2, 0.25) is 0 Å². The number of carbonyl (C=O) groups is 2. The van der Waals surface area contributed by atoms with Crippen molar-refractivity contribution in [3.05, 3.63) is 74.9 Å². The molecule has 2 aromatic carbocycles. The molecule has 0 unspecified atom stereocenters. The lowest BCUT2D eigenvalue weighted by molar-refractivity contribution is 0.0505. The van der Waals surface area contributed by atoms with Crippen LogP contribution < -0.4 is 0 Å². The number of aryl methyl sites for hydroxylation is 1. The van der Waals surface area contributed by atoms with Gasteiger partial charge in [-0.1, -0.05) is 28.1 Å². The molecule has 39 heavy (non-hydrogen) atoms. The number of hydrogen-bond acceptors (Lipinski definition) is 5. The molecule has 2 aliphatic rings. The first-order valence-corrected chi connectivity index (χ1v) is 14.1. The van der Waals surface area contributed by atoms with E-state index < -0.39 is 11.7 Å². The number of hydrogen-bond donors (Lipinski definition) is 0. The number of halogens is 2. The van der Waals surface area contributed by atoms with E-state index in [2.05, 4.69) is 26.9 Å². The number of aromatic nitrogens is 1. The molecule has 0 spiro atoms. The monoisotopic (exact) mass is 596 g/mol. The lowest BCUT2D eigenvalue weighted by Gasteiger charge is -2.37. The molecule has 1 aromatic heterocycles. The number of likely N-dealkylation sites (tertiary alicyclic amines) is 1. The highest BCUT2D eigenvalue weighted by molar-refractivity contribution is 9.11. The summed E-state index contributed by atoms with van der Waals surface area (Å²) in [6.07, 6.45) is 2.28. The van der Waals surface area contributed by atoms with Crippen molar-refractivity contribution in [1.82, 2.24) is 9.47 Å². The van der Waals surface area contributed by atoms with Gasteiger partial charge in [-0.3, -0.25) is 9.29 Å². The summed E-state index contributed by atoms with van der Waals surface area (Å²) in [5.74, 6) is -0.278. The zero-order valence-corrected chi connectivity index (χ0v) is 24.4. The van der Waals surface area contributed by atoms with Gasteiger partial charge >= 0.3 is 12.1 Å². The number of alkyl halides is 1. The molecule has 1 aliphatic carbocycles. The van der Waals surface area contributed by atoms with E-state index in [1.165, 1.54) is 7.11 Å². The predicted molar refractivity (Wildman–Crippen MR) is 154 cm³/mol. The maximum atomic E-state index is 13.3. The summed E-state index contributed by atoms with van der Waals surface area (Å²) in [6, 6.07) is 13.9. The lowest BCUT2D eigenvalue weighted by atomic mass is 9.92. The van der Waals surface area contributed by atoms with Crippen molar-refractivity contribution in [2.45, 2.75) is 52.2 Å². The molecule has 1 fully saturated rings. The fourth-order valence-electron chi connectivity index (χ4n) is 5.51. The molecule has 8 heteroatoms. The van der Waals surface area contributed by atoms with E-state index in [0.29, 0.717) is 25.2 Å². The van der Waals surface area contributed by atoms with Crippen LogP contribution >= 0.6 is 15.9 Å². The van der Waals surface area contributed by atoms with Crippen LogP contribution in [-0.4, -0.2) is 54.0 Å². The quantitative estimate of drug-likeness (QED) is 0.294. The summed E-state index contributed by atoms with van der Waals surface area (Å²) in [5, 5.41) is 0.931. The second kappa shape index (κ2) is 10.9. The number of fused-ring (bicyclic) bond motifs is 2. The van der Waals surface area contributed by atoms with Gasteiger partial charge in [0, 0.05) is 41.1 Å². The third-order valence-corrected chi connectivity index (χ3v) is 8.08. The van der Waals surface area contributed by atoms with Crippen LogP contribution in [0.25, 0.3) is 16.5 Å². The summed E-state index contributed by atoms with van der Waals surface area (Å²) in [4.78, 5) is 27.6. The normalized spacial score (nSPS) is 16.6. The summed E-state index contributed by atoms with van der Waals surface area (Å²) >= 11 is 3.85. The zero-order valence-electron chi connectivity index (χ0n) is 22.9. The Morgan fingerprint density at radius 1 is 1.08 bits per heavy atom. The van der Waals surface area contributed by atoms with Crippen molar-refractivity contribution >= 4 is 44.5 Å². The SMILES string of the molecule is COC(=O)c1ccc2c(c1)CCCC(Br)=C2c1ccc2c(c1)cc(CN1CC(CF)C1)n2C(=O)OC(C)(C)C. The zero-order chi connectivity index (χ0) is 27.9. The van der Waals surface area contributed by atoms with E-state index in [9.17, 15) is 14.0 Å². The first-order chi connectivity index (χ1) is 18.6. The second-order valence-electron chi connectivity index (χ2n) is 11.4. The Kier molecular flexibility index (Phi) is 7.71. The molecule has 5 rings (SSSR count). The Balaban J connectivity index is 1.57. The highest BCUT2D eigenvalue weighted by Gasteiger charge is 2.30. The number of benzene rings is 2. The number of ether oxygens (including phenoxy) is 2. The molecular weight excluding hydrogens is 563 g/mol. The van der Waals surface area contributed by atoms with E-state index in [1.807, 2.05) is 57.2 Å². The van der Waals surface area contributed by atoms with Crippen LogP contribution in [0.15, 0.2) is 46.9 Å². The van der Waals surface area contributed by atoms with Gasteiger partial charge in [0.1, 0.15) is 5.60 Å². The summed E-state index contributed by atoms with van der Waals surface area (Å²) in [7, 11) is 1.39. The van der Waals surface area contributed by atoms with E-state index >= 15 is 0 Å². The van der Waals surface area contributed by atoms with Crippen LogP contribution in [0, 0.1) is 5.92 Å². The van der Waals surface area contributed by atoms with Crippen LogP contribution in [-0.2, 0) is 22.4 Å². The molecular formula is C31H34BrFN2O4. The van der Waals surface area contributed by atoms with Crippen LogP contribution in [0.2, 0.25) is 0 Å². The number of nitrogens with zero attached hydrogens (tertiary/aromatic N) is 2. The molecule has 0 amide bonds. The molecule has 0 bridgehead atoms. The molecule has 0 N–H and O–H groups in total. The third kappa shape index (κ3) is 5.68. The average molecular weight is 598 g/mol. The Morgan fingerprint density at radius 2 is 1.85 bits per heavy atom. The number of rotatable bonds is 5. The van der Waals surface area contributed by atoms with Gasteiger partial charge in [-0.2, -0.15) is 0 Å². The van der Waals surface area contributed by atoms with Crippen molar-refractivity contribution in [2.75, 3.05) is 26.9 Å². The first kappa shape index (κ1) is 27.6. The maximum absolute atomic E-state index is 13.3. The van der Waals surface area contributed by atoms with Crippen molar-refractivity contribution in [3.63, 3.8) is 0 Å². The molecule has 0 saturated carbocycles. The summed E-state index contributed by atoms with van der Waals surface area (Å²) in [6.45, 7) is 7.16. The van der Waals surface area contributed by atoms with Gasteiger partial charge in [0.05, 0.1) is 24.9 Å². The van der Waals surface area contributed by atoms with Gasteiger partial charge in [-0.15, -0.1) is 0 Å². The van der Waals surface area contributed by atoms with Crippen molar-refractivity contribution in [3.8, 4) is 0 Å². The lowest BCUT2D eigenvalue weighted by Crippen LogP contribution is -2.47. The molecule has 2 heterocycles. The minimum atomic E-state index is -0.635. The van der Waals surface area contributed by atoms with Gasteiger partial charge in [-0.05, 0) is 92.6 Å². The van der Waals surface area contributed by atoms with Crippen LogP contribution in [0.5, 0.6) is 0 Å². The molecule has 1 saturated heterocycles. The minimum absolute atomic E-state index is 0.0650.